The van der Waals surface area contributed by atoms with E-state index in [4.69, 9.17) is 4.74 Å². The molecule has 0 atom stereocenters. The number of anilines is 1. The Hall–Kier alpha value is -2.29. The molecule has 1 amide bonds. The van der Waals surface area contributed by atoms with Crippen LogP contribution in [0, 0.1) is 0 Å². The van der Waals surface area contributed by atoms with Gasteiger partial charge >= 0.3 is 0 Å². The van der Waals surface area contributed by atoms with E-state index in [-0.39, 0.29) is 5.91 Å². The minimum Gasteiger partial charge on any atom is -0.493 e. The molecule has 3 heteroatoms. The fourth-order valence-corrected chi connectivity index (χ4v) is 5.15. The Bertz CT molecular complexity index is 818. The molecule has 39 heavy (non-hydrogen) atoms. The summed E-state index contributed by atoms with van der Waals surface area (Å²) in [6.07, 6.45) is 27.5. The highest BCUT2D eigenvalue weighted by Crippen LogP contribution is 2.18. The molecule has 0 saturated heterocycles. The van der Waals surface area contributed by atoms with Crippen LogP contribution in [0.25, 0.3) is 0 Å². The number of hydrogen-bond acceptors (Lipinski definition) is 2. The van der Waals surface area contributed by atoms with Crippen LogP contribution in [0.2, 0.25) is 0 Å². The fraction of sp³-hybridized carbons (Fsp3) is 0.639. The third-order valence-electron chi connectivity index (χ3n) is 7.65. The van der Waals surface area contributed by atoms with Gasteiger partial charge < -0.3 is 10.1 Å². The van der Waals surface area contributed by atoms with Crippen LogP contribution in [0.5, 0.6) is 5.75 Å². The first-order valence-electron chi connectivity index (χ1n) is 16.3. The predicted octanol–water partition coefficient (Wildman–Crippen LogP) is 11.1. The lowest BCUT2D eigenvalue weighted by Crippen LogP contribution is -2.11. The Morgan fingerprint density at radius 1 is 0.590 bits per heavy atom. The van der Waals surface area contributed by atoms with Crippen LogP contribution < -0.4 is 10.1 Å². The summed E-state index contributed by atoms with van der Waals surface area (Å²) in [6, 6.07) is 18.1. The van der Waals surface area contributed by atoms with Gasteiger partial charge in [0.1, 0.15) is 5.75 Å². The molecule has 0 aliphatic rings. The molecular weight excluding hydrogens is 478 g/mol. The molecular formula is C36H57NO2. The summed E-state index contributed by atoms with van der Waals surface area (Å²) in [7, 11) is 0. The second-order valence-electron chi connectivity index (χ2n) is 11.3. The van der Waals surface area contributed by atoms with E-state index in [0.29, 0.717) is 13.0 Å². The van der Waals surface area contributed by atoms with Crippen LogP contribution >= 0.6 is 0 Å². The normalized spacial score (nSPS) is 11.0. The van der Waals surface area contributed by atoms with E-state index in [1.165, 1.54) is 115 Å². The molecule has 0 radical (unpaired) electrons. The van der Waals surface area contributed by atoms with Crippen LogP contribution in [-0.4, -0.2) is 12.5 Å². The summed E-state index contributed by atoms with van der Waals surface area (Å²) in [5.74, 6) is 0.947. The van der Waals surface area contributed by atoms with E-state index in [0.717, 1.165) is 30.7 Å². The molecule has 2 aromatic rings. The van der Waals surface area contributed by atoms with E-state index >= 15 is 0 Å². The second-order valence-corrected chi connectivity index (χ2v) is 11.3. The Labute approximate surface area is 240 Å². The summed E-state index contributed by atoms with van der Waals surface area (Å²) in [5.41, 5.74) is 2.12. The van der Waals surface area contributed by atoms with Crippen molar-refractivity contribution < 1.29 is 9.53 Å². The van der Waals surface area contributed by atoms with Crippen LogP contribution in [0.1, 0.15) is 141 Å². The number of carbonyl (C=O) groups is 1. The monoisotopic (exact) mass is 535 g/mol. The van der Waals surface area contributed by atoms with Crippen molar-refractivity contribution >= 4 is 11.6 Å². The number of amides is 1. The first kappa shape index (κ1) is 32.9. The Kier molecular flexibility index (Phi) is 19.9. The van der Waals surface area contributed by atoms with E-state index in [9.17, 15) is 4.79 Å². The number of rotatable bonds is 25. The van der Waals surface area contributed by atoms with Gasteiger partial charge in [0.15, 0.2) is 0 Å². The number of benzene rings is 2. The Balaban J connectivity index is 1.33. The Morgan fingerprint density at radius 2 is 1.05 bits per heavy atom. The van der Waals surface area contributed by atoms with Gasteiger partial charge in [-0.3, -0.25) is 4.79 Å². The molecule has 0 aromatic heterocycles. The molecule has 218 valence electrons. The van der Waals surface area contributed by atoms with Crippen LogP contribution in [0.3, 0.4) is 0 Å². The molecule has 0 aliphatic heterocycles. The largest absolute Gasteiger partial charge is 0.493 e. The first-order valence-corrected chi connectivity index (χ1v) is 16.3. The SMILES string of the molecule is CCCCCCCCCCCCCCCCCCCCCC(=O)Nc1ccc(OCCc2ccccc2)cc1. The molecule has 0 fully saturated rings. The number of hydrogen-bond donors (Lipinski definition) is 1. The minimum atomic E-state index is 0.111. The minimum absolute atomic E-state index is 0.111. The van der Waals surface area contributed by atoms with Gasteiger partial charge in [-0.15, -0.1) is 0 Å². The number of nitrogens with one attached hydrogen (secondary N) is 1. The van der Waals surface area contributed by atoms with E-state index in [1.807, 2.05) is 42.5 Å². The van der Waals surface area contributed by atoms with Gasteiger partial charge in [-0.2, -0.15) is 0 Å². The zero-order valence-corrected chi connectivity index (χ0v) is 25.1. The highest BCUT2D eigenvalue weighted by Gasteiger charge is 2.03. The maximum Gasteiger partial charge on any atom is 0.224 e. The van der Waals surface area contributed by atoms with Gasteiger partial charge in [0.25, 0.3) is 0 Å². The van der Waals surface area contributed by atoms with Gasteiger partial charge in [-0.25, -0.2) is 0 Å². The zero-order chi connectivity index (χ0) is 27.6. The van der Waals surface area contributed by atoms with Crippen molar-refractivity contribution in [2.45, 2.75) is 142 Å². The standard InChI is InChI=1S/C36H57NO2/c1-2-3-4-5-6-7-8-9-10-11-12-13-14-15-16-17-18-19-23-26-36(38)37-34-27-29-35(30-28-34)39-32-31-33-24-21-20-22-25-33/h20-22,24-25,27-30H,2-19,23,26,31-32H2,1H3,(H,37,38). The lowest BCUT2D eigenvalue weighted by Gasteiger charge is -2.09. The van der Waals surface area contributed by atoms with Gasteiger partial charge in [0.2, 0.25) is 5.91 Å². The maximum absolute atomic E-state index is 12.3. The third-order valence-corrected chi connectivity index (χ3v) is 7.65. The molecule has 2 rings (SSSR count). The second kappa shape index (κ2) is 23.6. The van der Waals surface area contributed by atoms with Gasteiger partial charge in [0, 0.05) is 18.5 Å². The van der Waals surface area contributed by atoms with E-state index in [2.05, 4.69) is 24.4 Å². The maximum atomic E-state index is 12.3. The van der Waals surface area contributed by atoms with Gasteiger partial charge in [0.05, 0.1) is 6.61 Å². The molecule has 0 heterocycles. The smallest absolute Gasteiger partial charge is 0.224 e. The van der Waals surface area contributed by atoms with Crippen molar-refractivity contribution in [3.8, 4) is 5.75 Å². The van der Waals surface area contributed by atoms with Crippen molar-refractivity contribution in [3.05, 3.63) is 60.2 Å². The number of unbranched alkanes of at least 4 members (excludes halogenated alkanes) is 18. The van der Waals surface area contributed by atoms with Crippen molar-refractivity contribution in [2.75, 3.05) is 11.9 Å². The van der Waals surface area contributed by atoms with Crippen LogP contribution in [0.4, 0.5) is 5.69 Å². The molecule has 0 aliphatic carbocycles. The van der Waals surface area contributed by atoms with E-state index < -0.39 is 0 Å². The predicted molar refractivity (Wildman–Crippen MR) is 169 cm³/mol. The van der Waals surface area contributed by atoms with Crippen molar-refractivity contribution in [1.29, 1.82) is 0 Å². The number of ether oxygens (including phenoxy) is 1. The van der Waals surface area contributed by atoms with Crippen LogP contribution in [0.15, 0.2) is 54.6 Å². The molecule has 1 N–H and O–H groups in total. The zero-order valence-electron chi connectivity index (χ0n) is 25.1. The molecule has 3 nitrogen and oxygen atoms in total. The highest BCUT2D eigenvalue weighted by atomic mass is 16.5. The molecule has 0 saturated carbocycles. The molecule has 0 bridgehead atoms. The molecule has 2 aromatic carbocycles. The summed E-state index contributed by atoms with van der Waals surface area (Å²) < 4.78 is 5.83. The summed E-state index contributed by atoms with van der Waals surface area (Å²) in [4.78, 5) is 12.3. The van der Waals surface area contributed by atoms with Gasteiger partial charge in [-0.1, -0.05) is 153 Å². The van der Waals surface area contributed by atoms with E-state index in [1.54, 1.807) is 0 Å². The highest BCUT2D eigenvalue weighted by molar-refractivity contribution is 5.90. The average molecular weight is 536 g/mol. The Morgan fingerprint density at radius 3 is 1.54 bits per heavy atom. The van der Waals surface area contributed by atoms with Crippen molar-refractivity contribution in [2.24, 2.45) is 0 Å². The quantitative estimate of drug-likeness (QED) is 0.128. The number of carbonyl (C=O) groups excluding carboxylic acids is 1. The van der Waals surface area contributed by atoms with Crippen molar-refractivity contribution in [1.82, 2.24) is 0 Å². The summed E-state index contributed by atoms with van der Waals surface area (Å²) >= 11 is 0. The first-order chi connectivity index (χ1) is 19.3. The molecule has 0 spiro atoms. The topological polar surface area (TPSA) is 38.3 Å². The van der Waals surface area contributed by atoms with Crippen molar-refractivity contribution in [3.63, 3.8) is 0 Å². The lowest BCUT2D eigenvalue weighted by atomic mass is 10.0. The average Bonchev–Trinajstić information content (AvgIpc) is 2.96. The van der Waals surface area contributed by atoms with Crippen LogP contribution in [-0.2, 0) is 11.2 Å². The fourth-order valence-electron chi connectivity index (χ4n) is 5.15. The van der Waals surface area contributed by atoms with Gasteiger partial charge in [-0.05, 0) is 36.2 Å². The third kappa shape index (κ3) is 18.6. The lowest BCUT2D eigenvalue weighted by molar-refractivity contribution is -0.116. The summed E-state index contributed by atoms with van der Waals surface area (Å²) in [6.45, 7) is 2.94. The molecule has 0 unspecified atom stereocenters. The summed E-state index contributed by atoms with van der Waals surface area (Å²) in [5, 5.41) is 3.02.